The first-order chi connectivity index (χ1) is 5.95. The highest BCUT2D eigenvalue weighted by Crippen LogP contribution is 2.22. The Kier molecular flexibility index (Phi) is 2.71. The maximum absolute atomic E-state index is 10.5. The second-order valence-electron chi connectivity index (χ2n) is 3.94. The molecule has 13 heavy (non-hydrogen) atoms. The maximum atomic E-state index is 10.5. The zero-order valence-electron chi connectivity index (χ0n) is 7.97. The van der Waals surface area contributed by atoms with Gasteiger partial charge in [0.05, 0.1) is 5.56 Å². The van der Waals surface area contributed by atoms with Crippen LogP contribution in [0, 0.1) is 0 Å². The van der Waals surface area contributed by atoms with Crippen molar-refractivity contribution in [3.05, 3.63) is 28.5 Å². The molecule has 0 aromatic carbocycles. The summed E-state index contributed by atoms with van der Waals surface area (Å²) >= 11 is 5.79. The molecule has 2 nitrogen and oxygen atoms in total. The first-order valence-corrected chi connectivity index (χ1v) is 4.45. The average molecular weight is 198 g/mol. The molecule has 3 heteroatoms. The van der Waals surface area contributed by atoms with Crippen LogP contribution in [0.25, 0.3) is 0 Å². The highest BCUT2D eigenvalue weighted by atomic mass is 35.5. The fourth-order valence-electron chi connectivity index (χ4n) is 0.951. The first-order valence-electron chi connectivity index (χ1n) is 4.07. The van der Waals surface area contributed by atoms with Gasteiger partial charge in [-0.05, 0) is 12.1 Å². The molecule has 1 aromatic rings. The van der Waals surface area contributed by atoms with Crippen LogP contribution >= 0.6 is 11.6 Å². The van der Waals surface area contributed by atoms with Crippen molar-refractivity contribution in [1.29, 1.82) is 0 Å². The van der Waals surface area contributed by atoms with Gasteiger partial charge in [0, 0.05) is 11.1 Å². The molecule has 0 saturated heterocycles. The Morgan fingerprint density at radius 1 is 1.38 bits per heavy atom. The number of carbonyl (C=O) groups excluding carboxylic acids is 1. The number of aromatic nitrogens is 1. The van der Waals surface area contributed by atoms with Gasteiger partial charge in [-0.1, -0.05) is 32.4 Å². The second-order valence-corrected chi connectivity index (χ2v) is 4.30. The average Bonchev–Trinajstić information content (AvgIpc) is 2.02. The van der Waals surface area contributed by atoms with Crippen molar-refractivity contribution in [1.82, 2.24) is 4.98 Å². The van der Waals surface area contributed by atoms with Gasteiger partial charge >= 0.3 is 0 Å². The molecule has 0 amide bonds. The van der Waals surface area contributed by atoms with Gasteiger partial charge in [0.15, 0.2) is 6.29 Å². The summed E-state index contributed by atoms with van der Waals surface area (Å²) in [6.45, 7) is 6.14. The molecule has 1 heterocycles. The Labute approximate surface area is 82.9 Å². The van der Waals surface area contributed by atoms with Crippen LogP contribution in [0.4, 0.5) is 0 Å². The predicted octanol–water partition coefficient (Wildman–Crippen LogP) is 2.85. The molecule has 0 atom stereocenters. The Morgan fingerprint density at radius 2 is 2.00 bits per heavy atom. The van der Waals surface area contributed by atoms with Gasteiger partial charge in [0.25, 0.3) is 0 Å². The molecule has 70 valence electrons. The maximum Gasteiger partial charge on any atom is 0.153 e. The summed E-state index contributed by atoms with van der Waals surface area (Å²) in [4.78, 5) is 14.6. The van der Waals surface area contributed by atoms with Crippen LogP contribution in [-0.4, -0.2) is 11.3 Å². The minimum Gasteiger partial charge on any atom is -0.298 e. The lowest BCUT2D eigenvalue weighted by molar-refractivity contribution is 0.112. The van der Waals surface area contributed by atoms with Crippen molar-refractivity contribution < 1.29 is 4.79 Å². The summed E-state index contributed by atoms with van der Waals surface area (Å²) in [6.07, 6.45) is 0.710. The quantitative estimate of drug-likeness (QED) is 0.512. The van der Waals surface area contributed by atoms with E-state index in [0.717, 1.165) is 5.69 Å². The van der Waals surface area contributed by atoms with E-state index >= 15 is 0 Å². The van der Waals surface area contributed by atoms with E-state index in [1.165, 1.54) is 0 Å². The van der Waals surface area contributed by atoms with Gasteiger partial charge in [-0.25, -0.2) is 4.98 Å². The number of hydrogen-bond donors (Lipinski definition) is 0. The summed E-state index contributed by atoms with van der Waals surface area (Å²) in [5.41, 5.74) is 1.29. The van der Waals surface area contributed by atoms with Gasteiger partial charge in [-0.2, -0.15) is 0 Å². The molecule has 0 saturated carbocycles. The van der Waals surface area contributed by atoms with Crippen LogP contribution < -0.4 is 0 Å². The number of hydrogen-bond acceptors (Lipinski definition) is 2. The van der Waals surface area contributed by atoms with Crippen LogP contribution in [0.15, 0.2) is 12.1 Å². The van der Waals surface area contributed by atoms with E-state index in [-0.39, 0.29) is 10.6 Å². The van der Waals surface area contributed by atoms with E-state index in [2.05, 4.69) is 4.98 Å². The number of pyridine rings is 1. The predicted molar refractivity (Wildman–Crippen MR) is 53.3 cm³/mol. The lowest BCUT2D eigenvalue weighted by atomic mass is 9.91. The largest absolute Gasteiger partial charge is 0.298 e. The lowest BCUT2D eigenvalue weighted by Gasteiger charge is -2.17. The minimum atomic E-state index is -0.0367. The summed E-state index contributed by atoms with van der Waals surface area (Å²) in [6, 6.07) is 3.53. The van der Waals surface area contributed by atoms with E-state index in [4.69, 9.17) is 11.6 Å². The molecule has 0 spiro atoms. The number of halogens is 1. The number of aldehydes is 1. The SMILES string of the molecule is CC(C)(C)c1ccc(C=O)c(Cl)n1. The van der Waals surface area contributed by atoms with Crippen LogP contribution in [0.3, 0.4) is 0 Å². The Hall–Kier alpha value is -0.890. The highest BCUT2D eigenvalue weighted by Gasteiger charge is 2.16. The van der Waals surface area contributed by atoms with Crippen LogP contribution in [0.5, 0.6) is 0 Å². The van der Waals surface area contributed by atoms with E-state index in [0.29, 0.717) is 11.8 Å². The molecule has 1 rings (SSSR count). The van der Waals surface area contributed by atoms with Gasteiger partial charge < -0.3 is 0 Å². The zero-order chi connectivity index (χ0) is 10.1. The Morgan fingerprint density at radius 3 is 2.38 bits per heavy atom. The van der Waals surface area contributed by atoms with Crippen LogP contribution in [0.2, 0.25) is 5.15 Å². The topological polar surface area (TPSA) is 30.0 Å². The molecule has 0 unspecified atom stereocenters. The third kappa shape index (κ3) is 2.28. The fraction of sp³-hybridized carbons (Fsp3) is 0.400. The van der Waals surface area contributed by atoms with Crippen LogP contribution in [0.1, 0.15) is 36.8 Å². The molecular weight excluding hydrogens is 186 g/mol. The van der Waals surface area contributed by atoms with Crippen molar-refractivity contribution in [3.63, 3.8) is 0 Å². The molecule has 0 aliphatic heterocycles. The number of rotatable bonds is 1. The van der Waals surface area contributed by atoms with E-state index in [9.17, 15) is 4.79 Å². The normalized spacial score (nSPS) is 11.4. The molecule has 0 bridgehead atoms. The first kappa shape index (κ1) is 10.2. The molecule has 0 aliphatic rings. The standard InChI is InChI=1S/C10H12ClNO/c1-10(2,3)8-5-4-7(6-13)9(11)12-8/h4-6H,1-3H3. The molecule has 1 aromatic heterocycles. The lowest BCUT2D eigenvalue weighted by Crippen LogP contribution is -2.13. The summed E-state index contributed by atoms with van der Waals surface area (Å²) < 4.78 is 0. The van der Waals surface area contributed by atoms with Crippen LogP contribution in [-0.2, 0) is 5.41 Å². The second kappa shape index (κ2) is 3.46. The highest BCUT2D eigenvalue weighted by molar-refractivity contribution is 6.31. The van der Waals surface area contributed by atoms with Crippen molar-refractivity contribution in [2.24, 2.45) is 0 Å². The van der Waals surface area contributed by atoms with Crippen molar-refractivity contribution in [2.75, 3.05) is 0 Å². The van der Waals surface area contributed by atoms with Gasteiger partial charge in [-0.3, -0.25) is 4.79 Å². The minimum absolute atomic E-state index is 0.0367. The summed E-state index contributed by atoms with van der Waals surface area (Å²) in [5.74, 6) is 0. The smallest absolute Gasteiger partial charge is 0.153 e. The zero-order valence-corrected chi connectivity index (χ0v) is 8.72. The fourth-order valence-corrected chi connectivity index (χ4v) is 1.15. The molecular formula is C10H12ClNO. The van der Waals surface area contributed by atoms with Crippen molar-refractivity contribution in [2.45, 2.75) is 26.2 Å². The monoisotopic (exact) mass is 197 g/mol. The molecule has 0 aliphatic carbocycles. The third-order valence-electron chi connectivity index (χ3n) is 1.77. The Bertz CT molecular complexity index is 328. The van der Waals surface area contributed by atoms with Crippen molar-refractivity contribution >= 4 is 17.9 Å². The third-order valence-corrected chi connectivity index (χ3v) is 2.08. The Balaban J connectivity index is 3.17. The molecule has 0 radical (unpaired) electrons. The van der Waals surface area contributed by atoms with Gasteiger partial charge in [0.1, 0.15) is 5.15 Å². The van der Waals surface area contributed by atoms with E-state index < -0.39 is 0 Å². The number of carbonyl (C=O) groups is 1. The number of nitrogens with zero attached hydrogens (tertiary/aromatic N) is 1. The van der Waals surface area contributed by atoms with Gasteiger partial charge in [-0.15, -0.1) is 0 Å². The van der Waals surface area contributed by atoms with Gasteiger partial charge in [0.2, 0.25) is 0 Å². The summed E-state index contributed by atoms with van der Waals surface area (Å²) in [5, 5.41) is 0.280. The van der Waals surface area contributed by atoms with Crippen molar-refractivity contribution in [3.8, 4) is 0 Å². The molecule has 0 fully saturated rings. The van der Waals surface area contributed by atoms with E-state index in [1.54, 1.807) is 6.07 Å². The van der Waals surface area contributed by atoms with E-state index in [1.807, 2.05) is 26.8 Å². The molecule has 0 N–H and O–H groups in total. The summed E-state index contributed by atoms with van der Waals surface area (Å²) in [7, 11) is 0.